The number of carbonyl (C=O) groups excluding carboxylic acids is 3. The highest BCUT2D eigenvalue weighted by Crippen LogP contribution is 2.45. The second kappa shape index (κ2) is 27.2. The first kappa shape index (κ1) is 61.7. The highest BCUT2D eigenvalue weighted by Gasteiger charge is 2.53. The molecule has 3 aliphatic heterocycles. The topological polar surface area (TPSA) is 267 Å². The molecule has 18 nitrogen and oxygen atoms in total. The molecule has 73 heavy (non-hydrogen) atoms. The van der Waals surface area contributed by atoms with E-state index in [2.05, 4.69) is 0 Å². The van der Waals surface area contributed by atoms with Crippen molar-refractivity contribution in [2.75, 3.05) is 13.7 Å². The van der Waals surface area contributed by atoms with Gasteiger partial charge in [-0.2, -0.15) is 0 Å². The Hall–Kier alpha value is -3.89. The van der Waals surface area contributed by atoms with Crippen LogP contribution in [-0.2, 0) is 53.9 Å². The largest absolute Gasteiger partial charge is 0.505 e. The molecule has 1 aromatic rings. The predicted molar refractivity (Wildman–Crippen MR) is 270 cm³/mol. The molecule has 0 spiro atoms. The first-order chi connectivity index (χ1) is 34.2. The van der Waals surface area contributed by atoms with E-state index >= 15 is 0 Å². The minimum Gasteiger partial charge on any atom is -0.505 e. The van der Waals surface area contributed by atoms with Crippen LogP contribution in [0.25, 0.3) is 0 Å². The molecule has 0 aliphatic carbocycles. The third-order valence-electron chi connectivity index (χ3n) is 13.1. The Kier molecular flexibility index (Phi) is 23.0. The molecule has 7 N–H and O–H groups in total. The second-order valence-corrected chi connectivity index (χ2v) is 20.6. The Bertz CT molecular complexity index is 2230. The standard InChI is InChI=1S/C53H76Cl2O18/c1-13-31-23-27(6)34(57)18-16-15-17-32(24-67-52-47(66-12)44(63)46(30(9)68-52)71-50(65)37-33(14-2)38(54)41(60)39(55)40(37)59)49(64)69-35(29(8)56)20-19-26(5)22-28(7)45(31)72-51-43(62)42(61)48(53(10,11)73-51)70-36(58)21-25(3)4/h15-17,19,22-23,25,29-31,34-35,42-48,51-52,56-57,59-63H,13-14,18,20-21,24H2,1-12H3/b16-15+,26-19+,27-23+,28-22+,32-17+/t29-,30-,31+,34+,35+,42-,43+,44+,45+,46-,47+,48+,51-,52-/m1/s1. The van der Waals surface area contributed by atoms with Gasteiger partial charge in [-0.15, -0.1) is 0 Å². The van der Waals surface area contributed by atoms with Gasteiger partial charge in [-0.05, 0) is 96.4 Å². The van der Waals surface area contributed by atoms with Crippen molar-refractivity contribution in [2.24, 2.45) is 11.8 Å². The molecule has 20 heteroatoms. The number of aliphatic hydroxyl groups is 5. The van der Waals surface area contributed by atoms with E-state index < -0.39 is 138 Å². The van der Waals surface area contributed by atoms with E-state index in [0.29, 0.717) is 23.1 Å². The lowest BCUT2D eigenvalue weighted by atomic mass is 9.88. The average molecular weight is 1070 g/mol. The molecule has 3 aliphatic rings. The molecule has 2 fully saturated rings. The SMILES string of the molecule is CCc1c(Cl)c(O)c(Cl)c(O)c1C(=O)O[C@H]1[C@H](O)[C@H](OC)[C@H](OC/C2=C\C=C\C[C@H](O)/C(C)=C/[C@H](CC)[C@@H](O[C@@H]3OC(C)(C)[C@@H](OC(=O)CC(C)C)[C@H](O)[C@@H]3O)/C(C)=C/C(C)=C/C[C@@H]([C@@H](C)O)OC2=O)O[C@@H]1C. The van der Waals surface area contributed by atoms with Crippen LogP contribution in [0, 0.1) is 11.8 Å². The predicted octanol–water partition coefficient (Wildman–Crippen LogP) is 6.62. The minimum absolute atomic E-state index is 0.00862. The number of ether oxygens (including phenoxy) is 8. The van der Waals surface area contributed by atoms with E-state index in [9.17, 15) is 50.1 Å². The van der Waals surface area contributed by atoms with Crippen LogP contribution in [0.3, 0.4) is 0 Å². The molecular formula is C53H76Cl2O18. The summed E-state index contributed by atoms with van der Waals surface area (Å²) in [6.45, 7) is 18.5. The highest BCUT2D eigenvalue weighted by molar-refractivity contribution is 6.39. The number of aromatic hydroxyl groups is 2. The quantitative estimate of drug-likeness (QED) is 0.0586. The van der Waals surface area contributed by atoms with Crippen LogP contribution in [0.15, 0.2) is 58.7 Å². The summed E-state index contributed by atoms with van der Waals surface area (Å²) >= 11 is 12.3. The minimum atomic E-state index is -1.60. The monoisotopic (exact) mass is 1070 g/mol. The Morgan fingerprint density at radius 2 is 1.58 bits per heavy atom. The zero-order valence-corrected chi connectivity index (χ0v) is 45.3. The number of aliphatic hydroxyl groups excluding tert-OH is 5. The van der Waals surface area contributed by atoms with Gasteiger partial charge in [-0.25, -0.2) is 9.59 Å². The number of rotatable bonds is 14. The number of hydrogen-bond acceptors (Lipinski definition) is 18. The first-order valence-electron chi connectivity index (χ1n) is 24.6. The van der Waals surface area contributed by atoms with E-state index in [1.54, 1.807) is 39.8 Å². The first-order valence-corrected chi connectivity index (χ1v) is 25.4. The van der Waals surface area contributed by atoms with Crippen molar-refractivity contribution in [3.05, 3.63) is 79.9 Å². The molecule has 0 amide bonds. The van der Waals surface area contributed by atoms with Crippen molar-refractivity contribution in [3.8, 4) is 11.5 Å². The van der Waals surface area contributed by atoms with Gasteiger partial charge in [0.2, 0.25) is 0 Å². The third-order valence-corrected chi connectivity index (χ3v) is 13.9. The van der Waals surface area contributed by atoms with Crippen molar-refractivity contribution in [1.29, 1.82) is 0 Å². The number of methoxy groups -OCH3 is 1. The van der Waals surface area contributed by atoms with Gasteiger partial charge >= 0.3 is 17.9 Å². The summed E-state index contributed by atoms with van der Waals surface area (Å²) in [6, 6.07) is 0. The van der Waals surface area contributed by atoms with Crippen molar-refractivity contribution < 1.29 is 88.0 Å². The number of halogens is 2. The molecule has 410 valence electrons. The summed E-state index contributed by atoms with van der Waals surface area (Å²) in [5.74, 6) is -4.26. The summed E-state index contributed by atoms with van der Waals surface area (Å²) in [6.07, 6.45) is -5.31. The summed E-state index contributed by atoms with van der Waals surface area (Å²) in [5.41, 5.74) is 0.326. The van der Waals surface area contributed by atoms with E-state index in [-0.39, 0.29) is 47.8 Å². The van der Waals surface area contributed by atoms with Crippen LogP contribution < -0.4 is 0 Å². The lowest BCUT2D eigenvalue weighted by Gasteiger charge is -2.47. The zero-order chi connectivity index (χ0) is 54.8. The smallest absolute Gasteiger partial charge is 0.342 e. The van der Waals surface area contributed by atoms with Gasteiger partial charge in [0.1, 0.15) is 46.7 Å². The van der Waals surface area contributed by atoms with E-state index in [4.69, 9.17) is 61.1 Å². The molecule has 0 unspecified atom stereocenters. The van der Waals surface area contributed by atoms with Gasteiger partial charge in [0, 0.05) is 25.9 Å². The molecular weight excluding hydrogens is 995 g/mol. The lowest BCUT2D eigenvalue weighted by molar-refractivity contribution is -0.333. The van der Waals surface area contributed by atoms with Gasteiger partial charge in [-0.1, -0.05) is 86.9 Å². The maximum absolute atomic E-state index is 14.0. The van der Waals surface area contributed by atoms with E-state index in [0.717, 1.165) is 0 Å². The molecule has 1 aromatic carbocycles. The maximum Gasteiger partial charge on any atom is 0.342 e. The van der Waals surface area contributed by atoms with Gasteiger partial charge in [0.25, 0.3) is 0 Å². The van der Waals surface area contributed by atoms with Crippen LogP contribution in [0.5, 0.6) is 11.5 Å². The summed E-state index contributed by atoms with van der Waals surface area (Å²) in [7, 11) is 1.26. The number of hydrogen-bond donors (Lipinski definition) is 7. The van der Waals surface area contributed by atoms with E-state index in [1.807, 2.05) is 46.8 Å². The number of phenolic OH excluding ortho intramolecular Hbond substituents is 2. The summed E-state index contributed by atoms with van der Waals surface area (Å²) in [4.78, 5) is 40.1. The Morgan fingerprint density at radius 1 is 0.904 bits per heavy atom. The van der Waals surface area contributed by atoms with Crippen LogP contribution in [0.2, 0.25) is 10.0 Å². The molecule has 4 rings (SSSR count). The van der Waals surface area contributed by atoms with Crippen LogP contribution in [0.1, 0.15) is 118 Å². The van der Waals surface area contributed by atoms with Crippen molar-refractivity contribution in [1.82, 2.24) is 0 Å². The number of benzene rings is 1. The zero-order valence-electron chi connectivity index (χ0n) is 43.7. The Morgan fingerprint density at radius 3 is 2.18 bits per heavy atom. The summed E-state index contributed by atoms with van der Waals surface area (Å²) < 4.78 is 47.6. The number of esters is 3. The number of allylic oxidation sites excluding steroid dienone is 4. The van der Waals surface area contributed by atoms with Crippen molar-refractivity contribution >= 4 is 41.1 Å². The second-order valence-electron chi connectivity index (χ2n) is 19.9. The summed E-state index contributed by atoms with van der Waals surface area (Å²) in [5, 5.41) is 76.6. The number of cyclic esters (lactones) is 1. The molecule has 3 heterocycles. The van der Waals surface area contributed by atoms with Gasteiger partial charge in [0.15, 0.2) is 36.3 Å². The van der Waals surface area contributed by atoms with Crippen LogP contribution >= 0.6 is 23.2 Å². The fraction of sp³-hybridized carbons (Fsp3) is 0.642. The van der Waals surface area contributed by atoms with Gasteiger partial charge in [-0.3, -0.25) is 4.79 Å². The van der Waals surface area contributed by atoms with Gasteiger partial charge in [0.05, 0.1) is 41.6 Å². The van der Waals surface area contributed by atoms with Crippen molar-refractivity contribution in [2.45, 2.75) is 194 Å². The normalized spacial score (nSPS) is 34.5. The maximum atomic E-state index is 14.0. The molecule has 0 bridgehead atoms. The molecule has 2 saturated heterocycles. The Balaban J connectivity index is 1.60. The van der Waals surface area contributed by atoms with Crippen LogP contribution in [0.4, 0.5) is 0 Å². The molecule has 0 saturated carbocycles. The fourth-order valence-corrected chi connectivity index (χ4v) is 9.42. The Labute approximate surface area is 438 Å². The lowest BCUT2D eigenvalue weighted by Crippen LogP contribution is -2.64. The average Bonchev–Trinajstić information content (AvgIpc) is 3.32. The number of phenols is 2. The number of carbonyl (C=O) groups is 3. The molecule has 0 aromatic heterocycles. The highest BCUT2D eigenvalue weighted by atomic mass is 35.5. The van der Waals surface area contributed by atoms with E-state index in [1.165, 1.54) is 33.1 Å². The molecule has 14 atom stereocenters. The van der Waals surface area contributed by atoms with Crippen molar-refractivity contribution in [3.63, 3.8) is 0 Å². The van der Waals surface area contributed by atoms with Gasteiger partial charge < -0.3 is 73.6 Å². The van der Waals surface area contributed by atoms with Crippen LogP contribution in [-0.4, -0.2) is 153 Å². The fourth-order valence-electron chi connectivity index (χ4n) is 8.86. The molecule has 0 radical (unpaired) electrons. The third kappa shape index (κ3) is 15.6.